The van der Waals surface area contributed by atoms with E-state index in [4.69, 9.17) is 0 Å². The molecule has 27 heavy (non-hydrogen) atoms. The third kappa shape index (κ3) is 2.94. The molecule has 2 aromatic carbocycles. The predicted octanol–water partition coefficient (Wildman–Crippen LogP) is 3.87. The number of para-hydroxylation sites is 1. The zero-order valence-electron chi connectivity index (χ0n) is 15.7. The largest absolute Gasteiger partial charge is 0.351 e. The maximum atomic E-state index is 13.1. The highest BCUT2D eigenvalue weighted by Gasteiger charge is 2.55. The first-order valence-corrected chi connectivity index (χ1v) is 9.80. The molecule has 1 aliphatic heterocycles. The second kappa shape index (κ2) is 6.24. The lowest BCUT2D eigenvalue weighted by atomic mass is 10.00. The Labute approximate surface area is 159 Å². The summed E-state index contributed by atoms with van der Waals surface area (Å²) in [6.07, 6.45) is 2.43. The summed E-state index contributed by atoms with van der Waals surface area (Å²) in [6.45, 7) is 4.69. The van der Waals surface area contributed by atoms with Crippen LogP contribution in [0.25, 0.3) is 10.9 Å². The van der Waals surface area contributed by atoms with Gasteiger partial charge in [0.1, 0.15) is 5.69 Å². The van der Waals surface area contributed by atoms with Gasteiger partial charge in [-0.1, -0.05) is 42.5 Å². The molecule has 1 saturated carbocycles. The molecule has 3 aromatic rings. The van der Waals surface area contributed by atoms with Crippen molar-refractivity contribution in [2.24, 2.45) is 5.41 Å². The van der Waals surface area contributed by atoms with Gasteiger partial charge in [-0.05, 0) is 43.0 Å². The van der Waals surface area contributed by atoms with E-state index >= 15 is 0 Å². The number of nitrogens with zero attached hydrogens (tertiary/aromatic N) is 1. The Bertz CT molecular complexity index is 969. The van der Waals surface area contributed by atoms with Gasteiger partial charge in [0, 0.05) is 42.0 Å². The number of likely N-dealkylation sites (tertiary alicyclic amines) is 1. The summed E-state index contributed by atoms with van der Waals surface area (Å²) < 4.78 is 0. The van der Waals surface area contributed by atoms with E-state index in [9.17, 15) is 4.79 Å². The molecular formula is C23H25N3O. The molecule has 138 valence electrons. The zero-order chi connectivity index (χ0) is 18.4. The maximum absolute atomic E-state index is 13.1. The highest BCUT2D eigenvalue weighted by Crippen LogP contribution is 2.53. The summed E-state index contributed by atoms with van der Waals surface area (Å²) in [4.78, 5) is 18.4. The van der Waals surface area contributed by atoms with Gasteiger partial charge in [-0.2, -0.15) is 0 Å². The average molecular weight is 359 g/mol. The van der Waals surface area contributed by atoms with Crippen LogP contribution in [0, 0.1) is 12.3 Å². The predicted molar refractivity (Wildman–Crippen MR) is 108 cm³/mol. The van der Waals surface area contributed by atoms with Gasteiger partial charge in [0.05, 0.1) is 0 Å². The first-order chi connectivity index (χ1) is 13.1. The van der Waals surface area contributed by atoms with E-state index in [0.29, 0.717) is 11.7 Å². The van der Waals surface area contributed by atoms with Crippen LogP contribution >= 0.6 is 0 Å². The Morgan fingerprint density at radius 2 is 1.96 bits per heavy atom. The number of rotatable bonds is 4. The minimum Gasteiger partial charge on any atom is -0.351 e. The maximum Gasteiger partial charge on any atom is 0.270 e. The minimum absolute atomic E-state index is 0.123. The summed E-state index contributed by atoms with van der Waals surface area (Å²) in [5, 5.41) is 4.84. The fourth-order valence-corrected chi connectivity index (χ4v) is 4.47. The minimum atomic E-state index is 0.123. The second-order valence-electron chi connectivity index (χ2n) is 8.18. The van der Waals surface area contributed by atoms with Gasteiger partial charge in [-0.15, -0.1) is 0 Å². The van der Waals surface area contributed by atoms with Crippen LogP contribution in [0.4, 0.5) is 0 Å². The van der Waals surface area contributed by atoms with Crippen molar-refractivity contribution in [1.29, 1.82) is 0 Å². The van der Waals surface area contributed by atoms with Gasteiger partial charge in [0.15, 0.2) is 0 Å². The summed E-state index contributed by atoms with van der Waals surface area (Å²) in [7, 11) is 0. The van der Waals surface area contributed by atoms with Crippen molar-refractivity contribution < 1.29 is 4.79 Å². The van der Waals surface area contributed by atoms with Crippen molar-refractivity contribution in [1.82, 2.24) is 15.2 Å². The van der Waals surface area contributed by atoms with E-state index in [1.807, 2.05) is 35.2 Å². The normalized spacial score (nSPS) is 20.5. The highest BCUT2D eigenvalue weighted by molar-refractivity contribution is 5.98. The molecule has 0 radical (unpaired) electrons. The number of amides is 1. The summed E-state index contributed by atoms with van der Waals surface area (Å²) >= 11 is 0. The fraction of sp³-hybridized carbons (Fsp3) is 0.348. The van der Waals surface area contributed by atoms with Gasteiger partial charge < -0.3 is 15.2 Å². The number of carbonyl (C=O) groups excluding carboxylic acids is 1. The van der Waals surface area contributed by atoms with Crippen LogP contribution in [0.5, 0.6) is 0 Å². The van der Waals surface area contributed by atoms with Crippen LogP contribution in [0.15, 0.2) is 54.6 Å². The number of aromatic nitrogens is 1. The first-order valence-electron chi connectivity index (χ1n) is 9.80. The number of aryl methyl sites for hydroxylation is 1. The summed E-state index contributed by atoms with van der Waals surface area (Å²) in [5.74, 6) is 0.123. The number of benzene rings is 2. The standard InChI is InChI=1S/C23H25N3O/c1-16-6-2-3-8-18(16)13-24-21-14-26(15-23(21)10-11-23)22(27)20-12-17-7-4-5-9-19(17)25-20/h2-9,12,21,24-25H,10-11,13-15H2,1H3/t21-/m0/s1. The fourth-order valence-electron chi connectivity index (χ4n) is 4.47. The van der Waals surface area contributed by atoms with Crippen LogP contribution in [0.1, 0.15) is 34.5 Å². The Morgan fingerprint density at radius 1 is 1.19 bits per heavy atom. The highest BCUT2D eigenvalue weighted by atomic mass is 16.2. The first kappa shape index (κ1) is 16.6. The van der Waals surface area contributed by atoms with Crippen LogP contribution in [0.3, 0.4) is 0 Å². The lowest BCUT2D eigenvalue weighted by Crippen LogP contribution is -2.37. The molecule has 1 aromatic heterocycles. The van der Waals surface area contributed by atoms with Crippen LogP contribution in [-0.2, 0) is 6.54 Å². The number of nitrogens with one attached hydrogen (secondary N) is 2. The molecule has 0 unspecified atom stereocenters. The Morgan fingerprint density at radius 3 is 2.74 bits per heavy atom. The number of fused-ring (bicyclic) bond motifs is 1. The monoisotopic (exact) mass is 359 g/mol. The lowest BCUT2D eigenvalue weighted by molar-refractivity contribution is 0.0778. The van der Waals surface area contributed by atoms with Gasteiger partial charge in [0.25, 0.3) is 5.91 Å². The molecule has 1 amide bonds. The van der Waals surface area contributed by atoms with Gasteiger partial charge in [0.2, 0.25) is 0 Å². The van der Waals surface area contributed by atoms with Gasteiger partial charge in [-0.25, -0.2) is 0 Å². The third-order valence-corrected chi connectivity index (χ3v) is 6.39. The van der Waals surface area contributed by atoms with Crippen LogP contribution in [-0.4, -0.2) is 34.9 Å². The average Bonchev–Trinajstić information content (AvgIpc) is 3.18. The zero-order valence-corrected chi connectivity index (χ0v) is 15.7. The summed E-state index contributed by atoms with van der Waals surface area (Å²) in [5.41, 5.74) is 4.67. The lowest BCUT2D eigenvalue weighted by Gasteiger charge is -2.19. The van der Waals surface area contributed by atoms with Crippen molar-refractivity contribution >= 4 is 16.8 Å². The molecule has 2 heterocycles. The Kier molecular flexibility index (Phi) is 3.83. The molecule has 1 aliphatic carbocycles. The summed E-state index contributed by atoms with van der Waals surface area (Å²) in [6, 6.07) is 18.9. The van der Waals surface area contributed by atoms with Crippen molar-refractivity contribution in [2.45, 2.75) is 32.4 Å². The van der Waals surface area contributed by atoms with Gasteiger partial charge in [-0.3, -0.25) is 4.79 Å². The van der Waals surface area contributed by atoms with E-state index < -0.39 is 0 Å². The van der Waals surface area contributed by atoms with E-state index in [1.54, 1.807) is 0 Å². The molecule has 1 atom stereocenters. The van der Waals surface area contributed by atoms with E-state index in [2.05, 4.69) is 41.5 Å². The van der Waals surface area contributed by atoms with Crippen LogP contribution in [0.2, 0.25) is 0 Å². The van der Waals surface area contributed by atoms with Crippen molar-refractivity contribution in [3.05, 3.63) is 71.4 Å². The number of hydrogen-bond acceptors (Lipinski definition) is 2. The van der Waals surface area contributed by atoms with E-state index in [1.165, 1.54) is 24.0 Å². The quantitative estimate of drug-likeness (QED) is 0.743. The molecule has 4 nitrogen and oxygen atoms in total. The van der Waals surface area contributed by atoms with Crippen molar-refractivity contribution in [2.75, 3.05) is 13.1 Å². The smallest absolute Gasteiger partial charge is 0.270 e. The molecule has 4 heteroatoms. The molecule has 2 aliphatic rings. The Balaban J connectivity index is 1.31. The number of carbonyl (C=O) groups is 1. The Hall–Kier alpha value is -2.59. The number of aromatic amines is 1. The third-order valence-electron chi connectivity index (χ3n) is 6.39. The molecular weight excluding hydrogens is 334 g/mol. The van der Waals surface area contributed by atoms with Gasteiger partial charge >= 0.3 is 0 Å². The van der Waals surface area contributed by atoms with Crippen LogP contribution < -0.4 is 5.32 Å². The molecule has 2 fully saturated rings. The molecule has 5 rings (SSSR count). The van der Waals surface area contributed by atoms with E-state index in [0.717, 1.165) is 30.5 Å². The van der Waals surface area contributed by atoms with Crippen molar-refractivity contribution in [3.8, 4) is 0 Å². The molecule has 2 N–H and O–H groups in total. The number of hydrogen-bond donors (Lipinski definition) is 2. The number of H-pyrrole nitrogens is 1. The SMILES string of the molecule is Cc1ccccc1CN[C@H]1CN(C(=O)c2cc3ccccc3[nH]2)CC12CC2. The topological polar surface area (TPSA) is 48.1 Å². The van der Waals surface area contributed by atoms with Crippen molar-refractivity contribution in [3.63, 3.8) is 0 Å². The molecule has 1 saturated heterocycles. The molecule has 1 spiro atoms. The molecule has 0 bridgehead atoms. The van der Waals surface area contributed by atoms with E-state index in [-0.39, 0.29) is 11.3 Å². The second-order valence-corrected chi connectivity index (χ2v) is 8.18.